The molecule has 2 aromatic heterocycles. The lowest BCUT2D eigenvalue weighted by molar-refractivity contribution is -0.140. The summed E-state index contributed by atoms with van der Waals surface area (Å²) in [6.45, 7) is 3.09. The molecule has 8 heteroatoms. The first kappa shape index (κ1) is 18.3. The number of nitrogens with zero attached hydrogens (tertiary/aromatic N) is 4. The maximum absolute atomic E-state index is 13.9. The highest BCUT2D eigenvalue weighted by molar-refractivity contribution is 5.81. The number of rotatable bonds is 5. The third kappa shape index (κ3) is 3.54. The van der Waals surface area contributed by atoms with E-state index in [-0.39, 0.29) is 17.6 Å². The van der Waals surface area contributed by atoms with Crippen LogP contribution in [-0.2, 0) is 4.79 Å². The third-order valence-electron chi connectivity index (χ3n) is 5.18. The Bertz CT molecular complexity index is 968. The Morgan fingerprint density at radius 2 is 2.04 bits per heavy atom. The van der Waals surface area contributed by atoms with Crippen molar-refractivity contribution in [2.45, 2.75) is 38.2 Å². The molecule has 0 radical (unpaired) electrons. The molecule has 4 rings (SSSR count). The molecule has 1 aromatic carbocycles. The average Bonchev–Trinajstić information content (AvgIpc) is 3.17. The number of ether oxygens (including phenoxy) is 1. The minimum absolute atomic E-state index is 0.0986. The highest BCUT2D eigenvalue weighted by atomic mass is 19.1. The second kappa shape index (κ2) is 7.92. The zero-order valence-corrected chi connectivity index (χ0v) is 15.6. The summed E-state index contributed by atoms with van der Waals surface area (Å²) < 4.78 is 19.5. The number of hydrogen-bond donors (Lipinski definition) is 1. The summed E-state index contributed by atoms with van der Waals surface area (Å²) in [7, 11) is 0. The van der Waals surface area contributed by atoms with Crippen LogP contribution < -0.4 is 4.74 Å². The summed E-state index contributed by atoms with van der Waals surface area (Å²) in [5.41, 5.74) is 2.38. The van der Waals surface area contributed by atoms with E-state index < -0.39 is 11.9 Å². The molecule has 1 aliphatic rings. The van der Waals surface area contributed by atoms with E-state index in [0.717, 1.165) is 24.1 Å². The van der Waals surface area contributed by atoms with Crippen LogP contribution in [0.15, 0.2) is 36.7 Å². The summed E-state index contributed by atoms with van der Waals surface area (Å²) in [5, 5.41) is 7.27. The maximum atomic E-state index is 13.9. The zero-order chi connectivity index (χ0) is 19.5. The van der Waals surface area contributed by atoms with Crippen molar-refractivity contribution in [2.75, 3.05) is 13.1 Å². The smallest absolute Gasteiger partial charge is 0.263 e. The lowest BCUT2D eigenvalue weighted by Crippen LogP contribution is -2.45. The van der Waals surface area contributed by atoms with Gasteiger partial charge in [-0.1, -0.05) is 19.1 Å². The zero-order valence-electron chi connectivity index (χ0n) is 15.6. The number of carbonyl (C=O) groups is 1. The van der Waals surface area contributed by atoms with Crippen LogP contribution in [0, 0.1) is 5.82 Å². The topological polar surface area (TPSA) is 84.0 Å². The lowest BCUT2D eigenvalue weighted by Gasteiger charge is -2.33. The standard InChI is InChI=1S/C20H22FN5O2/c1-2-15(28-16-6-4-3-5-14(16)21)20(27)26-11-7-13(8-12-26)17-18-19(25-24-17)23-10-9-22-18/h3-6,9-10,13,15H,2,7-8,11-12H2,1H3,(H,23,24,25)/t15-/m1/s1. The Kier molecular flexibility index (Phi) is 5.18. The molecule has 1 fully saturated rings. The number of para-hydroxylation sites is 1. The summed E-state index contributed by atoms with van der Waals surface area (Å²) in [4.78, 5) is 23.3. The first-order valence-corrected chi connectivity index (χ1v) is 9.52. The second-order valence-electron chi connectivity index (χ2n) is 6.91. The van der Waals surface area contributed by atoms with Gasteiger partial charge in [0.1, 0.15) is 5.52 Å². The highest BCUT2D eigenvalue weighted by Crippen LogP contribution is 2.30. The van der Waals surface area contributed by atoms with E-state index in [9.17, 15) is 9.18 Å². The molecule has 1 aliphatic heterocycles. The van der Waals surface area contributed by atoms with Crippen molar-refractivity contribution >= 4 is 17.1 Å². The molecule has 1 N–H and O–H groups in total. The van der Waals surface area contributed by atoms with Crippen molar-refractivity contribution in [2.24, 2.45) is 0 Å². The molecule has 0 aliphatic carbocycles. The number of H-pyrrole nitrogens is 1. The largest absolute Gasteiger partial charge is 0.478 e. The lowest BCUT2D eigenvalue weighted by atomic mass is 9.92. The minimum atomic E-state index is -0.688. The van der Waals surface area contributed by atoms with Crippen LogP contribution in [0.2, 0.25) is 0 Å². The van der Waals surface area contributed by atoms with E-state index in [4.69, 9.17) is 4.74 Å². The molecule has 1 saturated heterocycles. The molecule has 3 aromatic rings. The molecule has 7 nitrogen and oxygen atoms in total. The fourth-order valence-electron chi connectivity index (χ4n) is 3.65. The van der Waals surface area contributed by atoms with Gasteiger partial charge in [-0.2, -0.15) is 5.10 Å². The van der Waals surface area contributed by atoms with Gasteiger partial charge in [0, 0.05) is 31.4 Å². The predicted molar refractivity (Wildman–Crippen MR) is 101 cm³/mol. The number of aromatic amines is 1. The fraction of sp³-hybridized carbons (Fsp3) is 0.400. The fourth-order valence-corrected chi connectivity index (χ4v) is 3.65. The Labute approximate surface area is 161 Å². The molecule has 146 valence electrons. The number of halogens is 1. The first-order chi connectivity index (χ1) is 13.7. The van der Waals surface area contributed by atoms with Gasteiger partial charge in [-0.05, 0) is 31.4 Å². The van der Waals surface area contributed by atoms with E-state index in [2.05, 4.69) is 20.2 Å². The van der Waals surface area contributed by atoms with Crippen LogP contribution in [0.5, 0.6) is 5.75 Å². The van der Waals surface area contributed by atoms with Crippen molar-refractivity contribution in [3.8, 4) is 5.75 Å². The number of fused-ring (bicyclic) bond motifs is 1. The van der Waals surface area contributed by atoms with E-state index in [1.807, 2.05) is 6.92 Å². The summed E-state index contributed by atoms with van der Waals surface area (Å²) in [6, 6.07) is 6.16. The summed E-state index contributed by atoms with van der Waals surface area (Å²) in [5.74, 6) is -0.198. The van der Waals surface area contributed by atoms with Gasteiger partial charge in [0.2, 0.25) is 0 Å². The Hall–Kier alpha value is -3.03. The maximum Gasteiger partial charge on any atom is 0.263 e. The van der Waals surface area contributed by atoms with E-state index in [1.54, 1.807) is 35.5 Å². The number of piperidine rings is 1. The molecular formula is C20H22FN5O2. The van der Waals surface area contributed by atoms with Crippen LogP contribution >= 0.6 is 0 Å². The Morgan fingerprint density at radius 1 is 1.29 bits per heavy atom. The molecule has 0 bridgehead atoms. The van der Waals surface area contributed by atoms with Crippen molar-refractivity contribution in [3.05, 3.63) is 48.2 Å². The van der Waals surface area contributed by atoms with Gasteiger partial charge in [-0.15, -0.1) is 0 Å². The Morgan fingerprint density at radius 3 is 2.79 bits per heavy atom. The van der Waals surface area contributed by atoms with Crippen molar-refractivity contribution in [3.63, 3.8) is 0 Å². The molecule has 3 heterocycles. The molecule has 0 spiro atoms. The predicted octanol–water partition coefficient (Wildman–Crippen LogP) is 3.06. The molecule has 0 saturated carbocycles. The van der Waals surface area contributed by atoms with Crippen molar-refractivity contribution < 1.29 is 13.9 Å². The molecule has 0 unspecified atom stereocenters. The molecule has 1 amide bonds. The first-order valence-electron chi connectivity index (χ1n) is 9.52. The molecule has 28 heavy (non-hydrogen) atoms. The van der Waals surface area contributed by atoms with E-state index >= 15 is 0 Å². The van der Waals surface area contributed by atoms with Gasteiger partial charge in [0.05, 0.1) is 5.69 Å². The van der Waals surface area contributed by atoms with Gasteiger partial charge in [-0.3, -0.25) is 9.89 Å². The highest BCUT2D eigenvalue weighted by Gasteiger charge is 2.31. The normalized spacial score (nSPS) is 16.3. The number of aromatic nitrogens is 4. The van der Waals surface area contributed by atoms with Crippen molar-refractivity contribution in [1.82, 2.24) is 25.1 Å². The van der Waals surface area contributed by atoms with E-state index in [1.165, 1.54) is 6.07 Å². The quantitative estimate of drug-likeness (QED) is 0.732. The van der Waals surface area contributed by atoms with Gasteiger partial charge < -0.3 is 9.64 Å². The molecular weight excluding hydrogens is 361 g/mol. The number of nitrogens with one attached hydrogen (secondary N) is 1. The van der Waals surface area contributed by atoms with Gasteiger partial charge in [0.15, 0.2) is 23.3 Å². The van der Waals surface area contributed by atoms with Crippen LogP contribution in [-0.4, -0.2) is 50.2 Å². The monoisotopic (exact) mass is 383 g/mol. The number of carbonyl (C=O) groups excluding carboxylic acids is 1. The third-order valence-corrected chi connectivity index (χ3v) is 5.18. The van der Waals surface area contributed by atoms with Crippen LogP contribution in [0.4, 0.5) is 4.39 Å². The number of hydrogen-bond acceptors (Lipinski definition) is 5. The van der Waals surface area contributed by atoms with Gasteiger partial charge in [0.25, 0.3) is 5.91 Å². The SMILES string of the molecule is CC[C@@H](Oc1ccccc1F)C(=O)N1CCC(c2[nH]nc3nccnc23)CC1. The van der Waals surface area contributed by atoms with Crippen LogP contribution in [0.25, 0.3) is 11.2 Å². The van der Waals surface area contributed by atoms with Gasteiger partial charge in [-0.25, -0.2) is 14.4 Å². The molecule has 1 atom stereocenters. The summed E-state index contributed by atoms with van der Waals surface area (Å²) >= 11 is 0. The Balaban J connectivity index is 1.41. The number of benzene rings is 1. The second-order valence-corrected chi connectivity index (χ2v) is 6.91. The minimum Gasteiger partial charge on any atom is -0.478 e. The van der Waals surface area contributed by atoms with Crippen molar-refractivity contribution in [1.29, 1.82) is 0 Å². The number of amides is 1. The van der Waals surface area contributed by atoms with E-state index in [0.29, 0.717) is 25.2 Å². The van der Waals surface area contributed by atoms with Crippen LogP contribution in [0.1, 0.15) is 37.8 Å². The van der Waals surface area contributed by atoms with Gasteiger partial charge >= 0.3 is 0 Å². The van der Waals surface area contributed by atoms with Crippen LogP contribution in [0.3, 0.4) is 0 Å². The average molecular weight is 383 g/mol. The summed E-state index contributed by atoms with van der Waals surface area (Å²) in [6.07, 6.45) is 4.67. The number of likely N-dealkylation sites (tertiary alicyclic amines) is 1.